The SMILES string of the molecule is C[C@H](NC(=O)O)c1nc(-c2ccnc(C3CC3)c2)no1. The van der Waals surface area contributed by atoms with Crippen LogP contribution in [0.25, 0.3) is 11.4 Å². The number of hydrogen-bond acceptors (Lipinski definition) is 5. The maximum absolute atomic E-state index is 10.6. The van der Waals surface area contributed by atoms with Gasteiger partial charge in [-0.3, -0.25) is 4.98 Å². The van der Waals surface area contributed by atoms with E-state index in [1.807, 2.05) is 12.1 Å². The Bertz CT molecular complexity index is 636. The second-order valence-electron chi connectivity index (χ2n) is 4.87. The van der Waals surface area contributed by atoms with E-state index in [1.165, 1.54) is 12.8 Å². The maximum atomic E-state index is 10.6. The molecule has 2 aromatic rings. The Hall–Kier alpha value is -2.44. The highest BCUT2D eigenvalue weighted by molar-refractivity contribution is 5.65. The van der Waals surface area contributed by atoms with E-state index in [2.05, 4.69) is 20.4 Å². The van der Waals surface area contributed by atoms with Gasteiger partial charge in [0.2, 0.25) is 11.7 Å². The Kier molecular flexibility index (Phi) is 3.09. The molecule has 1 aliphatic rings. The zero-order valence-electron chi connectivity index (χ0n) is 10.9. The van der Waals surface area contributed by atoms with Gasteiger partial charge in [-0.05, 0) is 31.9 Å². The second-order valence-corrected chi connectivity index (χ2v) is 4.87. The summed E-state index contributed by atoms with van der Waals surface area (Å²) in [6, 6.07) is 3.23. The van der Waals surface area contributed by atoms with Crippen LogP contribution in [-0.4, -0.2) is 26.3 Å². The fourth-order valence-corrected chi connectivity index (χ4v) is 1.97. The molecule has 0 saturated heterocycles. The van der Waals surface area contributed by atoms with Crippen LogP contribution in [0, 0.1) is 0 Å². The van der Waals surface area contributed by atoms with Crippen LogP contribution in [0.1, 0.15) is 43.3 Å². The normalized spacial score (nSPS) is 15.8. The van der Waals surface area contributed by atoms with Gasteiger partial charge in [0.05, 0.1) is 0 Å². The van der Waals surface area contributed by atoms with Crippen molar-refractivity contribution < 1.29 is 14.4 Å². The van der Waals surface area contributed by atoms with Gasteiger partial charge >= 0.3 is 6.09 Å². The molecule has 0 spiro atoms. The summed E-state index contributed by atoms with van der Waals surface area (Å²) < 4.78 is 5.09. The van der Waals surface area contributed by atoms with Gasteiger partial charge in [-0.15, -0.1) is 0 Å². The average Bonchev–Trinajstić information content (AvgIpc) is 3.15. The summed E-state index contributed by atoms with van der Waals surface area (Å²) >= 11 is 0. The molecule has 2 heterocycles. The molecule has 0 bridgehead atoms. The predicted molar refractivity (Wildman–Crippen MR) is 69.1 cm³/mol. The molecule has 0 aliphatic heterocycles. The molecule has 1 fully saturated rings. The summed E-state index contributed by atoms with van der Waals surface area (Å²) in [5.74, 6) is 1.24. The van der Waals surface area contributed by atoms with Gasteiger partial charge in [0.25, 0.3) is 0 Å². The third kappa shape index (κ3) is 2.61. The van der Waals surface area contributed by atoms with Gasteiger partial charge in [-0.2, -0.15) is 4.98 Å². The third-order valence-corrected chi connectivity index (χ3v) is 3.19. The molecule has 3 rings (SSSR count). The van der Waals surface area contributed by atoms with Crippen LogP contribution in [0.3, 0.4) is 0 Å². The topological polar surface area (TPSA) is 101 Å². The van der Waals surface area contributed by atoms with Crippen LogP contribution in [0.2, 0.25) is 0 Å². The lowest BCUT2D eigenvalue weighted by atomic mass is 10.2. The molecule has 0 unspecified atom stereocenters. The van der Waals surface area contributed by atoms with Crippen molar-refractivity contribution in [2.24, 2.45) is 0 Å². The first-order valence-electron chi connectivity index (χ1n) is 6.43. The second kappa shape index (κ2) is 4.92. The molecule has 0 radical (unpaired) electrons. The van der Waals surface area contributed by atoms with Crippen molar-refractivity contribution in [3.8, 4) is 11.4 Å². The largest absolute Gasteiger partial charge is 0.465 e. The molecule has 7 nitrogen and oxygen atoms in total. The number of hydrogen-bond donors (Lipinski definition) is 2. The molecule has 0 aromatic carbocycles. The molecule has 2 aromatic heterocycles. The molecule has 1 aliphatic carbocycles. The lowest BCUT2D eigenvalue weighted by Gasteiger charge is -2.04. The molecule has 20 heavy (non-hydrogen) atoms. The molecule has 2 N–H and O–H groups in total. The van der Waals surface area contributed by atoms with Crippen molar-refractivity contribution in [3.63, 3.8) is 0 Å². The van der Waals surface area contributed by atoms with Gasteiger partial charge in [-0.25, -0.2) is 4.79 Å². The first kappa shape index (κ1) is 12.6. The smallest absolute Gasteiger partial charge is 0.405 e. The molecule has 1 saturated carbocycles. The number of carboxylic acid groups (broad SMARTS) is 1. The van der Waals surface area contributed by atoms with Gasteiger partial charge in [0.15, 0.2) is 0 Å². The number of amides is 1. The highest BCUT2D eigenvalue weighted by Gasteiger charge is 2.25. The highest BCUT2D eigenvalue weighted by Crippen LogP contribution is 2.39. The van der Waals surface area contributed by atoms with Crippen molar-refractivity contribution in [3.05, 3.63) is 29.9 Å². The molecular weight excluding hydrogens is 260 g/mol. The predicted octanol–water partition coefficient (Wildman–Crippen LogP) is 2.34. The Morgan fingerprint density at radius 2 is 2.35 bits per heavy atom. The Morgan fingerprint density at radius 3 is 3.05 bits per heavy atom. The van der Waals surface area contributed by atoms with Crippen molar-refractivity contribution >= 4 is 6.09 Å². The number of aromatic nitrogens is 3. The van der Waals surface area contributed by atoms with E-state index in [1.54, 1.807) is 13.1 Å². The number of rotatable bonds is 4. The van der Waals surface area contributed by atoms with Crippen molar-refractivity contribution in [1.82, 2.24) is 20.4 Å². The Balaban J connectivity index is 1.82. The van der Waals surface area contributed by atoms with Crippen molar-refractivity contribution in [1.29, 1.82) is 0 Å². The Labute approximate surface area is 115 Å². The fourth-order valence-electron chi connectivity index (χ4n) is 1.97. The lowest BCUT2D eigenvalue weighted by Crippen LogP contribution is -2.24. The zero-order chi connectivity index (χ0) is 14.1. The van der Waals surface area contributed by atoms with E-state index in [0.717, 1.165) is 11.3 Å². The summed E-state index contributed by atoms with van der Waals surface area (Å²) in [5, 5.41) is 14.8. The average molecular weight is 274 g/mol. The summed E-state index contributed by atoms with van der Waals surface area (Å²) in [6.07, 6.45) is 2.95. The minimum atomic E-state index is -1.13. The number of nitrogens with one attached hydrogen (secondary N) is 1. The molecule has 104 valence electrons. The summed E-state index contributed by atoms with van der Waals surface area (Å²) in [7, 11) is 0. The number of nitrogens with zero attached hydrogens (tertiary/aromatic N) is 3. The van der Waals surface area contributed by atoms with Gasteiger partial charge in [0, 0.05) is 23.4 Å². The third-order valence-electron chi connectivity index (χ3n) is 3.19. The van der Waals surface area contributed by atoms with Gasteiger partial charge < -0.3 is 14.9 Å². The minimum absolute atomic E-state index is 0.243. The van der Waals surface area contributed by atoms with Crippen LogP contribution in [-0.2, 0) is 0 Å². The van der Waals surface area contributed by atoms with E-state index < -0.39 is 12.1 Å². The maximum Gasteiger partial charge on any atom is 0.405 e. The van der Waals surface area contributed by atoms with Gasteiger partial charge in [-0.1, -0.05) is 5.16 Å². The van der Waals surface area contributed by atoms with E-state index in [0.29, 0.717) is 11.7 Å². The van der Waals surface area contributed by atoms with Crippen molar-refractivity contribution in [2.45, 2.75) is 31.7 Å². The quantitative estimate of drug-likeness (QED) is 0.887. The molecule has 7 heteroatoms. The van der Waals surface area contributed by atoms with Crippen LogP contribution < -0.4 is 5.32 Å². The molecule has 1 atom stereocenters. The van der Waals surface area contributed by atoms with Crippen LogP contribution in [0.15, 0.2) is 22.9 Å². The summed E-state index contributed by atoms with van der Waals surface area (Å²) in [4.78, 5) is 19.1. The van der Waals surface area contributed by atoms with Crippen molar-refractivity contribution in [2.75, 3.05) is 0 Å². The molecular formula is C13H14N4O3. The standard InChI is InChI=1S/C13H14N4O3/c1-7(15-13(18)19)12-16-11(17-20-12)9-4-5-14-10(6-9)8-2-3-8/h4-8,15H,2-3H2,1H3,(H,18,19)/t7-/m0/s1. The first-order chi connectivity index (χ1) is 9.63. The highest BCUT2D eigenvalue weighted by atomic mass is 16.5. The van der Waals surface area contributed by atoms with Crippen LogP contribution in [0.5, 0.6) is 0 Å². The van der Waals surface area contributed by atoms with E-state index >= 15 is 0 Å². The summed E-state index contributed by atoms with van der Waals surface area (Å²) in [5.41, 5.74) is 1.88. The minimum Gasteiger partial charge on any atom is -0.465 e. The van der Waals surface area contributed by atoms with Crippen LogP contribution >= 0.6 is 0 Å². The lowest BCUT2D eigenvalue weighted by molar-refractivity contribution is 0.187. The number of carbonyl (C=O) groups is 1. The monoisotopic (exact) mass is 274 g/mol. The summed E-state index contributed by atoms with van der Waals surface area (Å²) in [6.45, 7) is 1.65. The van der Waals surface area contributed by atoms with Gasteiger partial charge in [0.1, 0.15) is 6.04 Å². The van der Waals surface area contributed by atoms with E-state index in [4.69, 9.17) is 9.63 Å². The number of pyridine rings is 1. The zero-order valence-corrected chi connectivity index (χ0v) is 10.9. The first-order valence-corrected chi connectivity index (χ1v) is 6.43. The molecule has 1 amide bonds. The van der Waals surface area contributed by atoms with E-state index in [-0.39, 0.29) is 5.89 Å². The van der Waals surface area contributed by atoms with Crippen LogP contribution in [0.4, 0.5) is 4.79 Å². The Morgan fingerprint density at radius 1 is 1.55 bits per heavy atom. The fraction of sp³-hybridized carbons (Fsp3) is 0.385. The van der Waals surface area contributed by atoms with E-state index in [9.17, 15) is 4.79 Å².